The maximum atomic E-state index is 11.5. The molecule has 120 valence electrons. The number of ketones is 1. The molecule has 2 aliphatic rings. The Bertz CT molecular complexity index is 353. The highest BCUT2D eigenvalue weighted by molar-refractivity contribution is 5.79. The monoisotopic (exact) mass is 294 g/mol. The van der Waals surface area contributed by atoms with Gasteiger partial charge >= 0.3 is 5.97 Å². The fraction of sp³-hybridized carbons (Fsp3) is 0.889. The van der Waals surface area contributed by atoms with Crippen LogP contribution in [0.4, 0.5) is 0 Å². The van der Waals surface area contributed by atoms with Gasteiger partial charge in [-0.1, -0.05) is 26.7 Å². The predicted octanol–water partition coefficient (Wildman–Crippen LogP) is 4.14. The minimum atomic E-state index is -0.0244. The Kier molecular flexibility index (Phi) is 6.25. The number of carbonyl (C=O) groups is 2. The van der Waals surface area contributed by atoms with E-state index in [1.807, 2.05) is 0 Å². The van der Waals surface area contributed by atoms with Crippen LogP contribution in [0.1, 0.15) is 71.6 Å². The van der Waals surface area contributed by atoms with E-state index >= 15 is 0 Å². The van der Waals surface area contributed by atoms with Crippen molar-refractivity contribution in [2.24, 2.45) is 23.7 Å². The Morgan fingerprint density at radius 1 is 0.905 bits per heavy atom. The van der Waals surface area contributed by atoms with Crippen LogP contribution in [0, 0.1) is 23.7 Å². The molecule has 0 unspecified atom stereocenters. The lowest BCUT2D eigenvalue weighted by atomic mass is 9.66. The normalized spacial score (nSPS) is 27.8. The lowest BCUT2D eigenvalue weighted by Crippen LogP contribution is -2.31. The number of hydrogen-bond acceptors (Lipinski definition) is 3. The van der Waals surface area contributed by atoms with Crippen molar-refractivity contribution in [3.63, 3.8) is 0 Å². The molecule has 0 N–H and O–H groups in total. The number of Topliss-reactive ketones (excluding diaryl/α,β-unsaturated/α-hetero) is 1. The van der Waals surface area contributed by atoms with Gasteiger partial charge in [0.05, 0.1) is 6.61 Å². The summed E-state index contributed by atoms with van der Waals surface area (Å²) < 4.78 is 5.22. The molecule has 0 amide bonds. The van der Waals surface area contributed by atoms with Gasteiger partial charge in [0, 0.05) is 19.3 Å². The molecule has 1 heterocycles. The van der Waals surface area contributed by atoms with E-state index in [0.29, 0.717) is 42.5 Å². The molecule has 0 aromatic heterocycles. The van der Waals surface area contributed by atoms with Crippen molar-refractivity contribution in [2.75, 3.05) is 6.61 Å². The topological polar surface area (TPSA) is 43.4 Å². The third-order valence-electron chi connectivity index (χ3n) is 5.76. The molecule has 3 heteroatoms. The first-order valence-electron chi connectivity index (χ1n) is 8.83. The molecular weight excluding hydrogens is 264 g/mol. The quantitative estimate of drug-likeness (QED) is 0.716. The average molecular weight is 294 g/mol. The standard InChI is InChI=1S/C18H30O3/c1-3-16(13-5-8-15(19)9-6-13)17(4-2)14-7-10-18(20)21-12-11-14/h13-14,16-17H,3-12H2,1-2H3/t14-,16-,17-/m1/s1. The highest BCUT2D eigenvalue weighted by Crippen LogP contribution is 2.42. The lowest BCUT2D eigenvalue weighted by molar-refractivity contribution is -0.142. The summed E-state index contributed by atoms with van der Waals surface area (Å²) >= 11 is 0. The van der Waals surface area contributed by atoms with Crippen molar-refractivity contribution >= 4 is 11.8 Å². The summed E-state index contributed by atoms with van der Waals surface area (Å²) in [4.78, 5) is 22.9. The second kappa shape index (κ2) is 7.95. The summed E-state index contributed by atoms with van der Waals surface area (Å²) in [6, 6.07) is 0. The second-order valence-corrected chi connectivity index (χ2v) is 6.83. The largest absolute Gasteiger partial charge is 0.466 e. The second-order valence-electron chi connectivity index (χ2n) is 6.83. The summed E-state index contributed by atoms with van der Waals surface area (Å²) in [7, 11) is 0. The van der Waals surface area contributed by atoms with Crippen LogP contribution in [-0.2, 0) is 14.3 Å². The molecule has 21 heavy (non-hydrogen) atoms. The molecule has 0 radical (unpaired) electrons. The fourth-order valence-electron chi connectivity index (χ4n) is 4.63. The van der Waals surface area contributed by atoms with Gasteiger partial charge in [0.15, 0.2) is 0 Å². The summed E-state index contributed by atoms with van der Waals surface area (Å²) in [5.74, 6) is 3.14. The van der Waals surface area contributed by atoms with Crippen LogP contribution in [0.3, 0.4) is 0 Å². The van der Waals surface area contributed by atoms with Crippen LogP contribution >= 0.6 is 0 Å². The van der Waals surface area contributed by atoms with E-state index in [0.717, 1.165) is 38.5 Å². The predicted molar refractivity (Wildman–Crippen MR) is 82.8 cm³/mol. The third-order valence-corrected chi connectivity index (χ3v) is 5.76. The SMILES string of the molecule is CC[C@H]([C@H]1CCOC(=O)CC1)[C@H](CC)C1CCC(=O)CC1. The number of cyclic esters (lactones) is 1. The van der Waals surface area contributed by atoms with Crippen LogP contribution in [0.2, 0.25) is 0 Å². The Balaban J connectivity index is 2.02. The highest BCUT2D eigenvalue weighted by atomic mass is 16.5. The van der Waals surface area contributed by atoms with Crippen molar-refractivity contribution in [2.45, 2.75) is 71.6 Å². The summed E-state index contributed by atoms with van der Waals surface area (Å²) in [6.07, 6.45) is 8.69. The van der Waals surface area contributed by atoms with Gasteiger partial charge in [0.25, 0.3) is 0 Å². The van der Waals surface area contributed by atoms with Crippen molar-refractivity contribution in [1.82, 2.24) is 0 Å². The first-order chi connectivity index (χ1) is 10.2. The number of rotatable bonds is 5. The van der Waals surface area contributed by atoms with Gasteiger partial charge in [-0.15, -0.1) is 0 Å². The van der Waals surface area contributed by atoms with Crippen molar-refractivity contribution < 1.29 is 14.3 Å². The summed E-state index contributed by atoms with van der Waals surface area (Å²) in [5.41, 5.74) is 0. The molecule has 1 aliphatic carbocycles. The molecular formula is C18H30O3. The Morgan fingerprint density at radius 2 is 1.43 bits per heavy atom. The summed E-state index contributed by atoms with van der Waals surface area (Å²) in [6.45, 7) is 5.18. The van der Waals surface area contributed by atoms with Crippen LogP contribution in [-0.4, -0.2) is 18.4 Å². The van der Waals surface area contributed by atoms with E-state index in [2.05, 4.69) is 13.8 Å². The van der Waals surface area contributed by atoms with E-state index in [1.165, 1.54) is 12.8 Å². The molecule has 0 aromatic carbocycles. The lowest BCUT2D eigenvalue weighted by Gasteiger charge is -2.38. The molecule has 2 rings (SSSR count). The van der Waals surface area contributed by atoms with Gasteiger partial charge in [-0.25, -0.2) is 0 Å². The first-order valence-corrected chi connectivity index (χ1v) is 8.83. The summed E-state index contributed by atoms with van der Waals surface area (Å²) in [5, 5.41) is 0. The minimum absolute atomic E-state index is 0.0244. The molecule has 0 bridgehead atoms. The molecule has 3 nitrogen and oxygen atoms in total. The molecule has 1 saturated heterocycles. The Morgan fingerprint density at radius 3 is 2.00 bits per heavy atom. The van der Waals surface area contributed by atoms with E-state index < -0.39 is 0 Å². The zero-order valence-corrected chi connectivity index (χ0v) is 13.6. The maximum Gasteiger partial charge on any atom is 0.305 e. The van der Waals surface area contributed by atoms with Gasteiger partial charge < -0.3 is 4.74 Å². The van der Waals surface area contributed by atoms with Gasteiger partial charge in [-0.3, -0.25) is 9.59 Å². The van der Waals surface area contributed by atoms with Crippen molar-refractivity contribution in [3.05, 3.63) is 0 Å². The van der Waals surface area contributed by atoms with Crippen LogP contribution < -0.4 is 0 Å². The van der Waals surface area contributed by atoms with Gasteiger partial charge in [-0.05, 0) is 49.4 Å². The van der Waals surface area contributed by atoms with Crippen LogP contribution in [0.5, 0.6) is 0 Å². The van der Waals surface area contributed by atoms with Crippen molar-refractivity contribution in [3.8, 4) is 0 Å². The molecule has 2 fully saturated rings. The molecule has 0 spiro atoms. The van der Waals surface area contributed by atoms with Crippen LogP contribution in [0.25, 0.3) is 0 Å². The molecule has 1 aliphatic heterocycles. The minimum Gasteiger partial charge on any atom is -0.466 e. The van der Waals surface area contributed by atoms with Gasteiger partial charge in [-0.2, -0.15) is 0 Å². The number of ether oxygens (including phenoxy) is 1. The molecule has 3 atom stereocenters. The molecule has 1 saturated carbocycles. The highest BCUT2D eigenvalue weighted by Gasteiger charge is 2.35. The van der Waals surface area contributed by atoms with Gasteiger partial charge in [0.1, 0.15) is 5.78 Å². The zero-order chi connectivity index (χ0) is 15.2. The van der Waals surface area contributed by atoms with E-state index in [9.17, 15) is 9.59 Å². The van der Waals surface area contributed by atoms with Gasteiger partial charge in [0.2, 0.25) is 0 Å². The van der Waals surface area contributed by atoms with E-state index in [4.69, 9.17) is 4.74 Å². The number of esters is 1. The average Bonchev–Trinajstić information content (AvgIpc) is 2.71. The first kappa shape index (κ1) is 16.5. The zero-order valence-electron chi connectivity index (χ0n) is 13.6. The third kappa shape index (κ3) is 4.31. The molecule has 0 aromatic rings. The maximum absolute atomic E-state index is 11.5. The van der Waals surface area contributed by atoms with Crippen LogP contribution in [0.15, 0.2) is 0 Å². The Labute approximate surface area is 128 Å². The number of carbonyl (C=O) groups excluding carboxylic acids is 2. The van der Waals surface area contributed by atoms with E-state index in [1.54, 1.807) is 0 Å². The smallest absolute Gasteiger partial charge is 0.305 e. The number of hydrogen-bond donors (Lipinski definition) is 0. The Hall–Kier alpha value is -0.860. The van der Waals surface area contributed by atoms with Crippen molar-refractivity contribution in [1.29, 1.82) is 0 Å². The fourth-order valence-corrected chi connectivity index (χ4v) is 4.63. The van der Waals surface area contributed by atoms with E-state index in [-0.39, 0.29) is 5.97 Å².